The number of carbonyl (C=O) groups excluding carboxylic acids is 4. The van der Waals surface area contributed by atoms with Crippen molar-refractivity contribution in [3.05, 3.63) is 113 Å². The first-order chi connectivity index (χ1) is 23.2. The van der Waals surface area contributed by atoms with Crippen molar-refractivity contribution in [1.82, 2.24) is 4.90 Å². The van der Waals surface area contributed by atoms with Crippen LogP contribution in [0, 0.1) is 0 Å². The number of esters is 1. The first-order valence-electron chi connectivity index (χ1n) is 15.4. The summed E-state index contributed by atoms with van der Waals surface area (Å²) in [6.45, 7) is 1.89. The van der Waals surface area contributed by atoms with Crippen molar-refractivity contribution in [2.45, 2.75) is 32.4 Å². The average molecular weight is 648 g/mol. The van der Waals surface area contributed by atoms with Gasteiger partial charge in [0.1, 0.15) is 29.4 Å². The van der Waals surface area contributed by atoms with Gasteiger partial charge in [0.15, 0.2) is 11.6 Å². The third kappa shape index (κ3) is 6.64. The van der Waals surface area contributed by atoms with Gasteiger partial charge in [-0.25, -0.2) is 9.59 Å². The fraction of sp³-hybridized carbons (Fsp3) is 0.211. The van der Waals surface area contributed by atoms with E-state index in [4.69, 9.17) is 23.4 Å². The highest BCUT2D eigenvalue weighted by Gasteiger charge is 2.36. The molecule has 1 aliphatic rings. The average Bonchev–Trinajstić information content (AvgIpc) is 3.78. The minimum Gasteiger partial charge on any atom is -0.497 e. The zero-order chi connectivity index (χ0) is 33.8. The molecule has 0 saturated carbocycles. The molecule has 1 saturated heterocycles. The summed E-state index contributed by atoms with van der Waals surface area (Å²) in [5.74, 6) is 0.0510. The SMILES string of the molecule is COc1cc(OC)cc(-c2coc3cc(C(=O)[C@@H]4CCCN4C(=O)OCc4ccccc4)cc(C(=O)Oc4ccc(C(C)=O)cc4)c23)c1. The molecular formula is C38H33NO9. The molecule has 244 valence electrons. The molecule has 0 unspecified atom stereocenters. The van der Waals surface area contributed by atoms with Gasteiger partial charge in [-0.15, -0.1) is 0 Å². The predicted molar refractivity (Wildman–Crippen MR) is 177 cm³/mol. The quantitative estimate of drug-likeness (QED) is 0.0860. The van der Waals surface area contributed by atoms with E-state index >= 15 is 0 Å². The number of carbonyl (C=O) groups is 4. The second kappa shape index (κ2) is 13.8. The van der Waals surface area contributed by atoms with Gasteiger partial charge in [0.05, 0.1) is 32.1 Å². The van der Waals surface area contributed by atoms with Gasteiger partial charge in [-0.1, -0.05) is 30.3 Å². The highest BCUT2D eigenvalue weighted by molar-refractivity contribution is 6.14. The molecule has 6 rings (SSSR count). The molecule has 4 aromatic carbocycles. The lowest BCUT2D eigenvalue weighted by Crippen LogP contribution is -2.40. The van der Waals surface area contributed by atoms with Crippen LogP contribution in [0.25, 0.3) is 22.1 Å². The first kappa shape index (κ1) is 32.1. The smallest absolute Gasteiger partial charge is 0.410 e. The van der Waals surface area contributed by atoms with E-state index in [0.717, 1.165) is 5.56 Å². The third-order valence-electron chi connectivity index (χ3n) is 8.31. The largest absolute Gasteiger partial charge is 0.497 e. The molecule has 5 aromatic rings. The molecule has 10 nitrogen and oxygen atoms in total. The van der Waals surface area contributed by atoms with Crippen LogP contribution in [-0.4, -0.2) is 55.3 Å². The van der Waals surface area contributed by atoms with Gasteiger partial charge in [0, 0.05) is 34.7 Å². The maximum absolute atomic E-state index is 14.0. The Hall–Kier alpha value is -5.90. The van der Waals surface area contributed by atoms with Gasteiger partial charge in [-0.3, -0.25) is 14.5 Å². The van der Waals surface area contributed by atoms with Crippen molar-refractivity contribution < 1.29 is 42.5 Å². The van der Waals surface area contributed by atoms with E-state index in [1.807, 2.05) is 30.3 Å². The molecule has 10 heteroatoms. The second-order valence-electron chi connectivity index (χ2n) is 11.4. The Morgan fingerprint density at radius 2 is 1.54 bits per heavy atom. The second-order valence-corrected chi connectivity index (χ2v) is 11.4. The minimum atomic E-state index is -0.786. The van der Waals surface area contributed by atoms with E-state index in [-0.39, 0.29) is 40.6 Å². The van der Waals surface area contributed by atoms with Gasteiger partial charge < -0.3 is 23.4 Å². The number of rotatable bonds is 10. The summed E-state index contributed by atoms with van der Waals surface area (Å²) in [5, 5.41) is 0.415. The Balaban J connectivity index is 1.37. The molecule has 0 N–H and O–H groups in total. The third-order valence-corrected chi connectivity index (χ3v) is 8.31. The summed E-state index contributed by atoms with van der Waals surface area (Å²) in [7, 11) is 3.07. The Bertz CT molecular complexity index is 1970. The maximum Gasteiger partial charge on any atom is 0.410 e. The fourth-order valence-electron chi connectivity index (χ4n) is 5.82. The van der Waals surface area contributed by atoms with Gasteiger partial charge in [-0.2, -0.15) is 0 Å². The molecule has 0 radical (unpaired) electrons. The number of hydrogen-bond acceptors (Lipinski definition) is 9. The predicted octanol–water partition coefficient (Wildman–Crippen LogP) is 7.52. The molecular weight excluding hydrogens is 614 g/mol. The Morgan fingerprint density at radius 3 is 2.21 bits per heavy atom. The summed E-state index contributed by atoms with van der Waals surface area (Å²) in [6.07, 6.45) is 1.96. The van der Waals surface area contributed by atoms with Crippen LogP contribution in [0.1, 0.15) is 56.4 Å². The number of benzene rings is 4. The van der Waals surface area contributed by atoms with Crippen LogP contribution in [0.4, 0.5) is 4.79 Å². The maximum atomic E-state index is 14.0. The molecule has 48 heavy (non-hydrogen) atoms. The number of Topliss-reactive ketones (excluding diaryl/α,β-unsaturated/α-hetero) is 2. The van der Waals surface area contributed by atoms with Gasteiger partial charge in [-0.05, 0) is 79.4 Å². The van der Waals surface area contributed by atoms with Crippen molar-refractivity contribution in [1.29, 1.82) is 0 Å². The summed E-state index contributed by atoms with van der Waals surface area (Å²) < 4.78 is 28.2. The van der Waals surface area contributed by atoms with E-state index in [0.29, 0.717) is 53.0 Å². The molecule has 1 aromatic heterocycles. The summed E-state index contributed by atoms with van der Waals surface area (Å²) in [5.41, 5.74) is 3.02. The highest BCUT2D eigenvalue weighted by Crippen LogP contribution is 2.38. The van der Waals surface area contributed by atoms with E-state index in [1.165, 1.54) is 50.5 Å². The zero-order valence-electron chi connectivity index (χ0n) is 26.7. The monoisotopic (exact) mass is 647 g/mol. The molecule has 1 fully saturated rings. The van der Waals surface area contributed by atoms with Crippen molar-refractivity contribution in [2.24, 2.45) is 0 Å². The number of furan rings is 1. The van der Waals surface area contributed by atoms with Gasteiger partial charge in [0.25, 0.3) is 0 Å². The molecule has 1 amide bonds. The van der Waals surface area contributed by atoms with Crippen LogP contribution >= 0.6 is 0 Å². The first-order valence-corrected chi connectivity index (χ1v) is 15.4. The number of ketones is 2. The van der Waals surface area contributed by atoms with Crippen molar-refractivity contribution >= 4 is 34.6 Å². The van der Waals surface area contributed by atoms with Crippen LogP contribution < -0.4 is 14.2 Å². The fourth-order valence-corrected chi connectivity index (χ4v) is 5.82. The Kier molecular flexibility index (Phi) is 9.24. The molecule has 0 bridgehead atoms. The van der Waals surface area contributed by atoms with Gasteiger partial charge in [0.2, 0.25) is 0 Å². The van der Waals surface area contributed by atoms with Crippen LogP contribution in [0.2, 0.25) is 0 Å². The number of fused-ring (bicyclic) bond motifs is 1. The van der Waals surface area contributed by atoms with E-state index < -0.39 is 18.1 Å². The Labute approximate surface area is 276 Å². The standard InChI is InChI=1S/C38H33NO9/c1-23(40)25-11-13-28(14-12-25)48-37(42)31-18-27(19-34-35(31)32(22-46-34)26-16-29(44-2)20-30(17-26)45-3)36(41)33-10-7-15-39(33)38(43)47-21-24-8-5-4-6-9-24/h4-6,8-9,11-14,16-20,22,33H,7,10,15,21H2,1-3H3/t33-/m0/s1. The minimum absolute atomic E-state index is 0.0771. The number of likely N-dealkylation sites (tertiary alicyclic amines) is 1. The Morgan fingerprint density at radius 1 is 0.833 bits per heavy atom. The van der Waals surface area contributed by atoms with Crippen molar-refractivity contribution in [3.63, 3.8) is 0 Å². The topological polar surface area (TPSA) is 122 Å². The molecule has 0 spiro atoms. The zero-order valence-corrected chi connectivity index (χ0v) is 26.7. The summed E-state index contributed by atoms with van der Waals surface area (Å²) in [6, 6.07) is 23.0. The van der Waals surface area contributed by atoms with E-state index in [2.05, 4.69) is 0 Å². The lowest BCUT2D eigenvalue weighted by Gasteiger charge is -2.23. The number of methoxy groups -OCH3 is 2. The van der Waals surface area contributed by atoms with Crippen LogP contribution in [-0.2, 0) is 11.3 Å². The van der Waals surface area contributed by atoms with Crippen LogP contribution in [0.5, 0.6) is 17.2 Å². The van der Waals surface area contributed by atoms with Crippen LogP contribution in [0.3, 0.4) is 0 Å². The lowest BCUT2D eigenvalue weighted by molar-refractivity contribution is 0.0731. The molecule has 1 aliphatic heterocycles. The van der Waals surface area contributed by atoms with E-state index in [9.17, 15) is 19.2 Å². The summed E-state index contributed by atoms with van der Waals surface area (Å²) >= 11 is 0. The number of hydrogen-bond donors (Lipinski definition) is 0. The van der Waals surface area contributed by atoms with E-state index in [1.54, 1.807) is 36.4 Å². The van der Waals surface area contributed by atoms with Crippen LogP contribution in [0.15, 0.2) is 95.6 Å². The van der Waals surface area contributed by atoms with Gasteiger partial charge >= 0.3 is 12.1 Å². The molecule has 2 heterocycles. The number of nitrogens with zero attached hydrogens (tertiary/aromatic N) is 1. The number of ether oxygens (including phenoxy) is 4. The van der Waals surface area contributed by atoms with Crippen molar-refractivity contribution in [2.75, 3.05) is 20.8 Å². The number of amides is 1. The summed E-state index contributed by atoms with van der Waals surface area (Å²) in [4.78, 5) is 54.2. The normalized spacial score (nSPS) is 14.1. The molecule has 1 atom stereocenters. The van der Waals surface area contributed by atoms with Crippen molar-refractivity contribution in [3.8, 4) is 28.4 Å². The lowest BCUT2D eigenvalue weighted by atomic mass is 9.95. The molecule has 0 aliphatic carbocycles. The highest BCUT2D eigenvalue weighted by atomic mass is 16.6.